The summed E-state index contributed by atoms with van der Waals surface area (Å²) in [5.41, 5.74) is 1.57. The molecule has 0 aliphatic carbocycles. The van der Waals surface area contributed by atoms with Crippen LogP contribution in [-0.4, -0.2) is 19.7 Å². The largest absolute Gasteiger partial charge is 0.493 e. The van der Waals surface area contributed by atoms with Gasteiger partial charge < -0.3 is 10.1 Å². The highest BCUT2D eigenvalue weighted by atomic mass is 35.5. The lowest BCUT2D eigenvalue weighted by atomic mass is 9.87. The van der Waals surface area contributed by atoms with Crippen LogP contribution in [0.2, 0.25) is 0 Å². The van der Waals surface area contributed by atoms with Gasteiger partial charge in [0.1, 0.15) is 5.75 Å². The minimum Gasteiger partial charge on any atom is -0.493 e. The van der Waals surface area contributed by atoms with Gasteiger partial charge in [-0.3, -0.25) is 0 Å². The molecule has 0 radical (unpaired) electrons. The van der Waals surface area contributed by atoms with Gasteiger partial charge in [0.15, 0.2) is 0 Å². The summed E-state index contributed by atoms with van der Waals surface area (Å²) in [6, 6.07) is 8.55. The molecule has 0 atom stereocenters. The predicted molar refractivity (Wildman–Crippen MR) is 83.5 cm³/mol. The van der Waals surface area contributed by atoms with E-state index in [9.17, 15) is 0 Å². The smallest absolute Gasteiger partial charge is 0.119 e. The molecule has 0 saturated carbocycles. The zero-order valence-corrected chi connectivity index (χ0v) is 13.1. The van der Waals surface area contributed by atoms with E-state index < -0.39 is 0 Å². The van der Waals surface area contributed by atoms with Crippen LogP contribution < -0.4 is 10.1 Å². The lowest BCUT2D eigenvalue weighted by molar-refractivity contribution is 0.215. The van der Waals surface area contributed by atoms with Crippen molar-refractivity contribution >= 4 is 12.4 Å². The van der Waals surface area contributed by atoms with Crippen molar-refractivity contribution in [1.29, 1.82) is 0 Å². The molecule has 1 aromatic rings. The van der Waals surface area contributed by atoms with Gasteiger partial charge in [-0.25, -0.2) is 0 Å². The molecule has 2 rings (SSSR count). The fourth-order valence-electron chi connectivity index (χ4n) is 2.31. The van der Waals surface area contributed by atoms with Crippen molar-refractivity contribution in [2.24, 2.45) is 5.92 Å². The van der Waals surface area contributed by atoms with Crippen LogP contribution in [0.25, 0.3) is 0 Å². The summed E-state index contributed by atoms with van der Waals surface area (Å²) < 4.78 is 5.89. The molecule has 0 aromatic heterocycles. The molecule has 0 bridgehead atoms. The van der Waals surface area contributed by atoms with Crippen LogP contribution in [0.3, 0.4) is 0 Å². The summed E-state index contributed by atoms with van der Waals surface area (Å²) >= 11 is 0. The first kappa shape index (κ1) is 16.3. The van der Waals surface area contributed by atoms with Gasteiger partial charge in [-0.2, -0.15) is 0 Å². The lowest BCUT2D eigenvalue weighted by Crippen LogP contribution is -2.30. The van der Waals surface area contributed by atoms with Crippen LogP contribution in [0, 0.1) is 5.92 Å². The van der Waals surface area contributed by atoms with Crippen LogP contribution in [0.4, 0.5) is 0 Å². The van der Waals surface area contributed by atoms with Crippen LogP contribution in [0.1, 0.15) is 39.2 Å². The third kappa shape index (κ3) is 5.04. The second-order valence-electron chi connectivity index (χ2n) is 6.28. The topological polar surface area (TPSA) is 21.3 Å². The zero-order valence-electron chi connectivity index (χ0n) is 12.2. The molecule has 1 fully saturated rings. The number of nitrogens with one attached hydrogen (secondary N) is 1. The highest BCUT2D eigenvalue weighted by molar-refractivity contribution is 5.85. The quantitative estimate of drug-likeness (QED) is 0.911. The van der Waals surface area contributed by atoms with E-state index in [-0.39, 0.29) is 17.8 Å². The molecule has 1 saturated heterocycles. The summed E-state index contributed by atoms with van der Waals surface area (Å²) in [7, 11) is 0. The number of halogens is 1. The molecular weight excluding hydrogens is 258 g/mol. The minimum absolute atomic E-state index is 0. The number of benzene rings is 1. The Labute approximate surface area is 123 Å². The van der Waals surface area contributed by atoms with Gasteiger partial charge in [0.25, 0.3) is 0 Å². The first-order valence-electron chi connectivity index (χ1n) is 7.00. The molecule has 1 aliphatic heterocycles. The molecule has 3 heteroatoms. The summed E-state index contributed by atoms with van der Waals surface area (Å²) in [6.45, 7) is 9.83. The van der Waals surface area contributed by atoms with Crippen molar-refractivity contribution in [2.75, 3.05) is 19.7 Å². The second kappa shape index (κ2) is 7.16. The average molecular weight is 284 g/mol. The molecule has 1 aromatic carbocycles. The van der Waals surface area contributed by atoms with Crippen molar-refractivity contribution in [3.8, 4) is 5.75 Å². The van der Waals surface area contributed by atoms with E-state index in [1.54, 1.807) is 0 Å². The Morgan fingerprint density at radius 3 is 2.21 bits per heavy atom. The number of hydrogen-bond acceptors (Lipinski definition) is 2. The van der Waals surface area contributed by atoms with E-state index in [0.717, 1.165) is 25.4 Å². The van der Waals surface area contributed by atoms with E-state index in [1.807, 2.05) is 0 Å². The van der Waals surface area contributed by atoms with Crippen molar-refractivity contribution in [3.63, 3.8) is 0 Å². The fraction of sp³-hybridized carbons (Fsp3) is 0.625. The molecule has 1 aliphatic rings. The van der Waals surface area contributed by atoms with Crippen LogP contribution in [-0.2, 0) is 5.41 Å². The average Bonchev–Trinajstić information content (AvgIpc) is 2.37. The van der Waals surface area contributed by atoms with Crippen LogP contribution in [0.5, 0.6) is 5.75 Å². The molecule has 0 unspecified atom stereocenters. The number of piperidine rings is 1. The summed E-state index contributed by atoms with van der Waals surface area (Å²) in [5, 5.41) is 3.38. The highest BCUT2D eigenvalue weighted by Gasteiger charge is 2.15. The maximum absolute atomic E-state index is 5.89. The predicted octanol–water partition coefficient (Wildman–Crippen LogP) is 3.78. The fourth-order valence-corrected chi connectivity index (χ4v) is 2.31. The number of ether oxygens (including phenoxy) is 1. The minimum atomic E-state index is 0. The van der Waals surface area contributed by atoms with E-state index in [2.05, 4.69) is 50.4 Å². The van der Waals surface area contributed by atoms with Gasteiger partial charge in [0.2, 0.25) is 0 Å². The Balaban J connectivity index is 0.00000180. The first-order chi connectivity index (χ1) is 8.55. The van der Waals surface area contributed by atoms with Crippen LogP contribution in [0.15, 0.2) is 24.3 Å². The monoisotopic (exact) mass is 283 g/mol. The van der Waals surface area contributed by atoms with E-state index in [4.69, 9.17) is 4.74 Å². The van der Waals surface area contributed by atoms with Crippen molar-refractivity contribution in [3.05, 3.63) is 29.8 Å². The van der Waals surface area contributed by atoms with Gasteiger partial charge >= 0.3 is 0 Å². The summed E-state index contributed by atoms with van der Waals surface area (Å²) in [4.78, 5) is 0. The highest BCUT2D eigenvalue weighted by Crippen LogP contribution is 2.24. The Kier molecular flexibility index (Phi) is 6.15. The van der Waals surface area contributed by atoms with E-state index in [0.29, 0.717) is 5.92 Å². The second-order valence-corrected chi connectivity index (χ2v) is 6.28. The molecular formula is C16H26ClNO. The third-order valence-electron chi connectivity index (χ3n) is 3.66. The first-order valence-corrected chi connectivity index (χ1v) is 7.00. The van der Waals surface area contributed by atoms with Crippen molar-refractivity contribution < 1.29 is 4.74 Å². The molecule has 2 nitrogen and oxygen atoms in total. The summed E-state index contributed by atoms with van der Waals surface area (Å²) in [6.07, 6.45) is 2.47. The zero-order chi connectivity index (χ0) is 13.0. The molecule has 1 N–H and O–H groups in total. The van der Waals surface area contributed by atoms with Gasteiger partial charge in [0.05, 0.1) is 6.61 Å². The normalized spacial score (nSPS) is 16.8. The summed E-state index contributed by atoms with van der Waals surface area (Å²) in [5.74, 6) is 1.72. The standard InChI is InChI=1S/C16H25NO.ClH/c1-16(2,3)14-4-6-15(7-5-14)18-12-13-8-10-17-11-9-13;/h4-7,13,17H,8-12H2,1-3H3;1H. The van der Waals surface area contributed by atoms with Gasteiger partial charge in [-0.1, -0.05) is 32.9 Å². The molecule has 0 spiro atoms. The third-order valence-corrected chi connectivity index (χ3v) is 3.66. The number of hydrogen-bond donors (Lipinski definition) is 1. The molecule has 19 heavy (non-hydrogen) atoms. The maximum atomic E-state index is 5.89. The molecule has 0 amide bonds. The van der Waals surface area contributed by atoms with Crippen LogP contribution >= 0.6 is 12.4 Å². The van der Waals surface area contributed by atoms with Crippen molar-refractivity contribution in [1.82, 2.24) is 5.32 Å². The number of rotatable bonds is 3. The lowest BCUT2D eigenvalue weighted by Gasteiger charge is -2.23. The SMILES string of the molecule is CC(C)(C)c1ccc(OCC2CCNCC2)cc1.Cl. The van der Waals surface area contributed by atoms with E-state index >= 15 is 0 Å². The van der Waals surface area contributed by atoms with E-state index in [1.165, 1.54) is 18.4 Å². The maximum Gasteiger partial charge on any atom is 0.119 e. The van der Waals surface area contributed by atoms with Gasteiger partial charge in [-0.05, 0) is 55.0 Å². The Bertz CT molecular complexity index is 363. The Morgan fingerprint density at radius 1 is 1.11 bits per heavy atom. The molecule has 108 valence electrons. The van der Waals surface area contributed by atoms with Crippen molar-refractivity contribution in [2.45, 2.75) is 39.0 Å². The Hall–Kier alpha value is -0.730. The van der Waals surface area contributed by atoms with Gasteiger partial charge in [-0.15, -0.1) is 12.4 Å². The van der Waals surface area contributed by atoms with Gasteiger partial charge in [0, 0.05) is 0 Å². The Morgan fingerprint density at radius 2 is 1.68 bits per heavy atom. The molecule has 1 heterocycles.